The van der Waals surface area contributed by atoms with Crippen molar-refractivity contribution < 1.29 is 4.39 Å². The Balaban J connectivity index is 1.66. The molecule has 2 heterocycles. The number of benzene rings is 2. The molecule has 0 spiro atoms. The van der Waals surface area contributed by atoms with Crippen LogP contribution in [-0.4, -0.2) is 19.5 Å². The fourth-order valence-electron chi connectivity index (χ4n) is 3.10. The molecule has 2 aromatic carbocycles. The van der Waals surface area contributed by atoms with Crippen LogP contribution in [0.25, 0.3) is 11.2 Å². The molecule has 0 aliphatic heterocycles. The standard InChI is InChI=1S/C22H23FN6/c1-15(2)14-29-20-19(27-22(29)26-18-11-7-6-10-17(18)23)13-25-21(28-20)24-12-16-8-4-3-5-9-16/h3-11,13,15H,12,14H2,1-2H3,(H,26,27)(H,24,25,28). The fraction of sp³-hybridized carbons (Fsp3) is 0.227. The molecule has 0 bridgehead atoms. The summed E-state index contributed by atoms with van der Waals surface area (Å²) in [6.07, 6.45) is 1.69. The molecule has 0 unspecified atom stereocenters. The van der Waals surface area contributed by atoms with E-state index in [0.29, 0.717) is 47.8 Å². The lowest BCUT2D eigenvalue weighted by molar-refractivity contribution is 0.534. The van der Waals surface area contributed by atoms with Crippen LogP contribution in [0.4, 0.5) is 22.0 Å². The van der Waals surface area contributed by atoms with E-state index >= 15 is 0 Å². The zero-order valence-corrected chi connectivity index (χ0v) is 16.4. The van der Waals surface area contributed by atoms with E-state index in [-0.39, 0.29) is 5.82 Å². The molecule has 0 saturated carbocycles. The molecule has 148 valence electrons. The highest BCUT2D eigenvalue weighted by molar-refractivity contribution is 5.76. The molecule has 7 heteroatoms. The van der Waals surface area contributed by atoms with Crippen molar-refractivity contribution in [3.63, 3.8) is 0 Å². The van der Waals surface area contributed by atoms with Crippen LogP contribution >= 0.6 is 0 Å². The van der Waals surface area contributed by atoms with Gasteiger partial charge in [0.15, 0.2) is 5.65 Å². The van der Waals surface area contributed by atoms with Gasteiger partial charge < -0.3 is 10.6 Å². The van der Waals surface area contributed by atoms with Gasteiger partial charge in [-0.15, -0.1) is 0 Å². The van der Waals surface area contributed by atoms with Crippen molar-refractivity contribution in [1.82, 2.24) is 19.5 Å². The first kappa shape index (κ1) is 18.9. The van der Waals surface area contributed by atoms with Gasteiger partial charge in [0.2, 0.25) is 11.9 Å². The first-order valence-electron chi connectivity index (χ1n) is 9.63. The van der Waals surface area contributed by atoms with Gasteiger partial charge in [0.05, 0.1) is 11.9 Å². The van der Waals surface area contributed by atoms with Crippen molar-refractivity contribution in [2.24, 2.45) is 5.92 Å². The first-order valence-corrected chi connectivity index (χ1v) is 9.63. The largest absolute Gasteiger partial charge is 0.350 e. The van der Waals surface area contributed by atoms with E-state index in [1.54, 1.807) is 24.4 Å². The number of fused-ring (bicyclic) bond motifs is 1. The van der Waals surface area contributed by atoms with Crippen molar-refractivity contribution in [2.75, 3.05) is 10.6 Å². The SMILES string of the molecule is CC(C)Cn1c(Nc2ccccc2F)nc2cnc(NCc3ccccc3)nc21. The van der Waals surface area contributed by atoms with Gasteiger partial charge in [-0.3, -0.25) is 4.57 Å². The molecule has 0 fully saturated rings. The van der Waals surface area contributed by atoms with E-state index in [1.807, 2.05) is 34.9 Å². The number of nitrogens with one attached hydrogen (secondary N) is 2. The predicted octanol–water partition coefficient (Wildman–Crippen LogP) is 4.98. The minimum atomic E-state index is -0.327. The zero-order valence-electron chi connectivity index (χ0n) is 16.4. The van der Waals surface area contributed by atoms with E-state index in [2.05, 4.69) is 39.4 Å². The summed E-state index contributed by atoms with van der Waals surface area (Å²) in [6.45, 7) is 5.57. The van der Waals surface area contributed by atoms with E-state index in [9.17, 15) is 4.39 Å². The average Bonchev–Trinajstić information content (AvgIpc) is 3.05. The van der Waals surface area contributed by atoms with Crippen molar-refractivity contribution >= 4 is 28.7 Å². The maximum absolute atomic E-state index is 14.1. The van der Waals surface area contributed by atoms with Crippen LogP contribution in [0.15, 0.2) is 60.8 Å². The van der Waals surface area contributed by atoms with Gasteiger partial charge >= 0.3 is 0 Å². The summed E-state index contributed by atoms with van der Waals surface area (Å²) in [7, 11) is 0. The van der Waals surface area contributed by atoms with Crippen LogP contribution < -0.4 is 10.6 Å². The summed E-state index contributed by atoms with van der Waals surface area (Å²) < 4.78 is 16.1. The summed E-state index contributed by atoms with van der Waals surface area (Å²) >= 11 is 0. The molecular formula is C22H23FN6. The maximum atomic E-state index is 14.1. The van der Waals surface area contributed by atoms with Crippen molar-refractivity contribution in [2.45, 2.75) is 26.9 Å². The van der Waals surface area contributed by atoms with Crippen LogP contribution in [0, 0.1) is 11.7 Å². The molecule has 6 nitrogen and oxygen atoms in total. The number of hydrogen-bond acceptors (Lipinski definition) is 5. The highest BCUT2D eigenvalue weighted by Crippen LogP contribution is 2.24. The third kappa shape index (κ3) is 4.34. The van der Waals surface area contributed by atoms with E-state index < -0.39 is 0 Å². The number of nitrogens with zero attached hydrogens (tertiary/aromatic N) is 4. The highest BCUT2D eigenvalue weighted by Gasteiger charge is 2.16. The first-order chi connectivity index (χ1) is 14.1. The topological polar surface area (TPSA) is 67.7 Å². The molecular weight excluding hydrogens is 367 g/mol. The Labute approximate surface area is 168 Å². The lowest BCUT2D eigenvalue weighted by Crippen LogP contribution is -2.10. The lowest BCUT2D eigenvalue weighted by atomic mass is 10.2. The molecule has 0 aliphatic rings. The molecule has 2 aromatic heterocycles. The van der Waals surface area contributed by atoms with Gasteiger partial charge in [-0.25, -0.2) is 14.4 Å². The van der Waals surface area contributed by atoms with Crippen LogP contribution in [0.3, 0.4) is 0 Å². The van der Waals surface area contributed by atoms with Gasteiger partial charge in [-0.2, -0.15) is 4.98 Å². The predicted molar refractivity (Wildman–Crippen MR) is 114 cm³/mol. The third-order valence-corrected chi connectivity index (χ3v) is 4.45. The van der Waals surface area contributed by atoms with Crippen molar-refractivity contribution in [3.05, 3.63) is 72.2 Å². The van der Waals surface area contributed by atoms with E-state index in [1.165, 1.54) is 6.07 Å². The molecule has 0 radical (unpaired) electrons. The Morgan fingerprint density at radius 2 is 1.76 bits per heavy atom. The second-order valence-corrected chi connectivity index (χ2v) is 7.29. The third-order valence-electron chi connectivity index (χ3n) is 4.45. The maximum Gasteiger partial charge on any atom is 0.225 e. The van der Waals surface area contributed by atoms with Crippen LogP contribution in [0.5, 0.6) is 0 Å². The molecule has 4 rings (SSSR count). The molecule has 0 amide bonds. The fourth-order valence-corrected chi connectivity index (χ4v) is 3.10. The second-order valence-electron chi connectivity index (χ2n) is 7.29. The number of anilines is 3. The van der Waals surface area contributed by atoms with Crippen LogP contribution in [-0.2, 0) is 13.1 Å². The number of hydrogen-bond donors (Lipinski definition) is 2. The summed E-state index contributed by atoms with van der Waals surface area (Å²) in [5.41, 5.74) is 2.90. The molecule has 2 N–H and O–H groups in total. The molecule has 4 aromatic rings. The van der Waals surface area contributed by atoms with Gasteiger partial charge in [0.1, 0.15) is 11.3 Å². The smallest absolute Gasteiger partial charge is 0.225 e. The summed E-state index contributed by atoms with van der Waals surface area (Å²) in [6, 6.07) is 16.6. The van der Waals surface area contributed by atoms with Gasteiger partial charge in [-0.05, 0) is 23.6 Å². The minimum absolute atomic E-state index is 0.327. The molecule has 29 heavy (non-hydrogen) atoms. The Morgan fingerprint density at radius 1 is 1.00 bits per heavy atom. The number of aromatic nitrogens is 4. The van der Waals surface area contributed by atoms with Crippen molar-refractivity contribution in [3.8, 4) is 0 Å². The molecule has 0 saturated heterocycles. The summed E-state index contributed by atoms with van der Waals surface area (Å²) in [5, 5.41) is 6.36. The highest BCUT2D eigenvalue weighted by atomic mass is 19.1. The van der Waals surface area contributed by atoms with Gasteiger partial charge in [0, 0.05) is 13.1 Å². The number of para-hydroxylation sites is 1. The average molecular weight is 390 g/mol. The Hall–Kier alpha value is -3.48. The monoisotopic (exact) mass is 390 g/mol. The zero-order chi connectivity index (χ0) is 20.2. The van der Waals surface area contributed by atoms with Crippen LogP contribution in [0.1, 0.15) is 19.4 Å². The summed E-state index contributed by atoms with van der Waals surface area (Å²) in [5.74, 6) is 1.12. The Bertz CT molecular complexity index is 1110. The van der Waals surface area contributed by atoms with Gasteiger partial charge in [0.25, 0.3) is 0 Å². The number of halogens is 1. The Morgan fingerprint density at radius 3 is 2.52 bits per heavy atom. The van der Waals surface area contributed by atoms with Crippen LogP contribution in [0.2, 0.25) is 0 Å². The normalized spacial score (nSPS) is 11.2. The molecule has 0 aliphatic carbocycles. The lowest BCUT2D eigenvalue weighted by Gasteiger charge is -2.13. The summed E-state index contributed by atoms with van der Waals surface area (Å²) in [4.78, 5) is 13.6. The van der Waals surface area contributed by atoms with E-state index in [4.69, 9.17) is 0 Å². The number of rotatable bonds is 7. The van der Waals surface area contributed by atoms with E-state index in [0.717, 1.165) is 5.56 Å². The second kappa shape index (κ2) is 8.26. The van der Waals surface area contributed by atoms with Gasteiger partial charge in [-0.1, -0.05) is 56.3 Å². The quantitative estimate of drug-likeness (QED) is 0.466. The number of imidazole rings is 1. The van der Waals surface area contributed by atoms with Crippen molar-refractivity contribution in [1.29, 1.82) is 0 Å². The Kier molecular flexibility index (Phi) is 5.37. The minimum Gasteiger partial charge on any atom is -0.350 e. The molecule has 0 atom stereocenters.